The molecule has 1 aliphatic rings. The lowest BCUT2D eigenvalue weighted by atomic mass is 10.0. The first-order valence-corrected chi connectivity index (χ1v) is 7.76. The molecule has 1 aliphatic heterocycles. The van der Waals surface area contributed by atoms with Crippen molar-refractivity contribution in [2.24, 2.45) is 0 Å². The molecule has 20 heavy (non-hydrogen) atoms. The summed E-state index contributed by atoms with van der Waals surface area (Å²) in [5, 5.41) is 0. The van der Waals surface area contributed by atoms with E-state index in [1.165, 1.54) is 18.9 Å². The number of benzene rings is 1. The Kier molecular flexibility index (Phi) is 5.47. The topological polar surface area (TPSA) is 46.6 Å². The van der Waals surface area contributed by atoms with Gasteiger partial charge in [-0.05, 0) is 31.4 Å². The van der Waals surface area contributed by atoms with Gasteiger partial charge in [-0.15, -0.1) is 11.8 Å². The van der Waals surface area contributed by atoms with Gasteiger partial charge in [0.25, 0.3) is 0 Å². The molecular weight excluding hydrogens is 274 g/mol. The number of amides is 1. The fourth-order valence-electron chi connectivity index (χ4n) is 2.36. The average molecular weight is 293 g/mol. The van der Waals surface area contributed by atoms with Crippen LogP contribution in [-0.4, -0.2) is 42.2 Å². The number of thioether (sulfide) groups is 1. The van der Waals surface area contributed by atoms with Gasteiger partial charge in [-0.25, -0.2) is 4.79 Å². The number of piperidine rings is 1. The highest BCUT2D eigenvalue weighted by atomic mass is 32.2. The zero-order valence-electron chi connectivity index (χ0n) is 11.6. The summed E-state index contributed by atoms with van der Waals surface area (Å²) in [4.78, 5) is 26.8. The summed E-state index contributed by atoms with van der Waals surface area (Å²) in [7, 11) is 1.37. The van der Waals surface area contributed by atoms with E-state index in [2.05, 4.69) is 0 Å². The van der Waals surface area contributed by atoms with E-state index in [0.717, 1.165) is 17.7 Å². The third-order valence-corrected chi connectivity index (χ3v) is 4.40. The lowest BCUT2D eigenvalue weighted by Crippen LogP contribution is -2.49. The van der Waals surface area contributed by atoms with Gasteiger partial charge in [0, 0.05) is 11.4 Å². The van der Waals surface area contributed by atoms with Crippen molar-refractivity contribution in [1.29, 1.82) is 0 Å². The zero-order valence-corrected chi connectivity index (χ0v) is 12.4. The number of rotatable bonds is 4. The molecule has 1 fully saturated rings. The summed E-state index contributed by atoms with van der Waals surface area (Å²) >= 11 is 1.50. The molecule has 1 heterocycles. The molecule has 1 atom stereocenters. The van der Waals surface area contributed by atoms with Crippen LogP contribution in [-0.2, 0) is 14.3 Å². The van der Waals surface area contributed by atoms with Gasteiger partial charge in [0.05, 0.1) is 12.9 Å². The highest BCUT2D eigenvalue weighted by Gasteiger charge is 2.32. The van der Waals surface area contributed by atoms with Gasteiger partial charge < -0.3 is 9.64 Å². The van der Waals surface area contributed by atoms with Crippen LogP contribution in [0.3, 0.4) is 0 Å². The summed E-state index contributed by atoms with van der Waals surface area (Å²) < 4.78 is 4.79. The van der Waals surface area contributed by atoms with Crippen molar-refractivity contribution in [2.45, 2.75) is 30.2 Å². The lowest BCUT2D eigenvalue weighted by molar-refractivity contribution is -0.153. The second-order valence-electron chi connectivity index (χ2n) is 4.72. The molecule has 2 rings (SSSR count). The van der Waals surface area contributed by atoms with Crippen LogP contribution in [0.2, 0.25) is 0 Å². The summed E-state index contributed by atoms with van der Waals surface area (Å²) in [5.41, 5.74) is 0. The fraction of sp³-hybridized carbons (Fsp3) is 0.467. The SMILES string of the molecule is COC(=O)C1CCCCN1C(=O)CSc1ccccc1. The van der Waals surface area contributed by atoms with Crippen molar-refractivity contribution >= 4 is 23.6 Å². The molecule has 0 radical (unpaired) electrons. The standard InChI is InChI=1S/C15H19NO3S/c1-19-15(18)13-9-5-6-10-16(13)14(17)11-20-12-7-3-2-4-8-12/h2-4,7-8,13H,5-6,9-11H2,1H3. The fourth-order valence-corrected chi connectivity index (χ4v) is 3.16. The molecule has 0 aliphatic carbocycles. The average Bonchev–Trinajstić information content (AvgIpc) is 2.52. The molecular formula is C15H19NO3S. The van der Waals surface area contributed by atoms with Crippen LogP contribution in [0.15, 0.2) is 35.2 Å². The predicted octanol–water partition coefficient (Wildman–Crippen LogP) is 2.33. The van der Waals surface area contributed by atoms with E-state index >= 15 is 0 Å². The molecule has 0 saturated carbocycles. The van der Waals surface area contributed by atoms with E-state index in [0.29, 0.717) is 18.7 Å². The number of hydrogen-bond donors (Lipinski definition) is 0. The Morgan fingerprint density at radius 1 is 1.30 bits per heavy atom. The van der Waals surface area contributed by atoms with Crippen LogP contribution >= 0.6 is 11.8 Å². The van der Waals surface area contributed by atoms with E-state index in [9.17, 15) is 9.59 Å². The van der Waals surface area contributed by atoms with E-state index in [-0.39, 0.29) is 11.9 Å². The minimum Gasteiger partial charge on any atom is -0.467 e. The van der Waals surface area contributed by atoms with Crippen LogP contribution in [0, 0.1) is 0 Å². The summed E-state index contributed by atoms with van der Waals surface area (Å²) in [5.74, 6) is 0.0639. The molecule has 1 unspecified atom stereocenters. The molecule has 0 spiro atoms. The molecule has 0 bridgehead atoms. The Morgan fingerprint density at radius 2 is 2.05 bits per heavy atom. The highest BCUT2D eigenvalue weighted by molar-refractivity contribution is 8.00. The maximum Gasteiger partial charge on any atom is 0.328 e. The van der Waals surface area contributed by atoms with E-state index in [1.54, 1.807) is 4.90 Å². The molecule has 1 saturated heterocycles. The number of carbonyl (C=O) groups is 2. The molecule has 108 valence electrons. The number of methoxy groups -OCH3 is 1. The smallest absolute Gasteiger partial charge is 0.328 e. The Hall–Kier alpha value is -1.49. The molecule has 1 aromatic carbocycles. The van der Waals surface area contributed by atoms with E-state index < -0.39 is 6.04 Å². The number of esters is 1. The molecule has 1 amide bonds. The third kappa shape index (κ3) is 3.76. The Balaban J connectivity index is 1.94. The van der Waals surface area contributed by atoms with Crippen molar-refractivity contribution in [3.63, 3.8) is 0 Å². The van der Waals surface area contributed by atoms with E-state index in [4.69, 9.17) is 4.74 Å². The van der Waals surface area contributed by atoms with Crippen molar-refractivity contribution < 1.29 is 14.3 Å². The normalized spacial score (nSPS) is 18.6. The minimum atomic E-state index is -0.405. The van der Waals surface area contributed by atoms with Crippen LogP contribution in [0.4, 0.5) is 0 Å². The van der Waals surface area contributed by atoms with Gasteiger partial charge in [0.2, 0.25) is 5.91 Å². The van der Waals surface area contributed by atoms with Crippen molar-refractivity contribution in [2.75, 3.05) is 19.4 Å². The van der Waals surface area contributed by atoms with Crippen molar-refractivity contribution in [1.82, 2.24) is 4.90 Å². The number of hydrogen-bond acceptors (Lipinski definition) is 4. The molecule has 5 heteroatoms. The monoisotopic (exact) mass is 293 g/mol. The van der Waals surface area contributed by atoms with Gasteiger partial charge in [-0.3, -0.25) is 4.79 Å². The lowest BCUT2D eigenvalue weighted by Gasteiger charge is -2.33. The summed E-state index contributed by atoms with van der Waals surface area (Å²) in [6.45, 7) is 0.647. The number of nitrogens with zero attached hydrogens (tertiary/aromatic N) is 1. The molecule has 1 aromatic rings. The molecule has 4 nitrogen and oxygen atoms in total. The van der Waals surface area contributed by atoms with Crippen LogP contribution < -0.4 is 0 Å². The Morgan fingerprint density at radius 3 is 2.75 bits per heavy atom. The highest BCUT2D eigenvalue weighted by Crippen LogP contribution is 2.22. The summed E-state index contributed by atoms with van der Waals surface area (Å²) in [6.07, 6.45) is 2.62. The molecule has 0 N–H and O–H groups in total. The second kappa shape index (κ2) is 7.33. The van der Waals surface area contributed by atoms with Gasteiger partial charge in [0.1, 0.15) is 6.04 Å². The van der Waals surface area contributed by atoms with Crippen LogP contribution in [0.1, 0.15) is 19.3 Å². The van der Waals surface area contributed by atoms with Gasteiger partial charge in [0.15, 0.2) is 0 Å². The van der Waals surface area contributed by atoms with Crippen LogP contribution in [0.5, 0.6) is 0 Å². The van der Waals surface area contributed by atoms with Gasteiger partial charge >= 0.3 is 5.97 Å². The number of ether oxygens (including phenoxy) is 1. The molecule has 0 aromatic heterocycles. The maximum atomic E-state index is 12.3. The first-order chi connectivity index (χ1) is 9.72. The van der Waals surface area contributed by atoms with Gasteiger partial charge in [-0.2, -0.15) is 0 Å². The first-order valence-electron chi connectivity index (χ1n) is 6.77. The van der Waals surface area contributed by atoms with Crippen molar-refractivity contribution in [3.05, 3.63) is 30.3 Å². The largest absolute Gasteiger partial charge is 0.467 e. The zero-order chi connectivity index (χ0) is 14.4. The quantitative estimate of drug-likeness (QED) is 0.631. The minimum absolute atomic E-state index is 0.00829. The van der Waals surface area contributed by atoms with Gasteiger partial charge in [-0.1, -0.05) is 18.2 Å². The maximum absolute atomic E-state index is 12.3. The third-order valence-electron chi connectivity index (χ3n) is 3.40. The predicted molar refractivity (Wildman–Crippen MR) is 78.5 cm³/mol. The number of likely N-dealkylation sites (tertiary alicyclic amines) is 1. The number of carbonyl (C=O) groups excluding carboxylic acids is 2. The Bertz CT molecular complexity index is 463. The first kappa shape index (κ1) is 14.9. The Labute approximate surface area is 123 Å². The summed E-state index contributed by atoms with van der Waals surface area (Å²) in [6, 6.07) is 9.40. The van der Waals surface area contributed by atoms with Crippen molar-refractivity contribution in [3.8, 4) is 0 Å². The second-order valence-corrected chi connectivity index (χ2v) is 5.77. The van der Waals surface area contributed by atoms with E-state index in [1.807, 2.05) is 30.3 Å². The van der Waals surface area contributed by atoms with Crippen LogP contribution in [0.25, 0.3) is 0 Å².